The Hall–Kier alpha value is -2.78. The van der Waals surface area contributed by atoms with Gasteiger partial charge < -0.3 is 9.64 Å². The van der Waals surface area contributed by atoms with Crippen molar-refractivity contribution in [2.24, 2.45) is 4.99 Å². The SMILES string of the molecule is CCN(C)C=Nc1cc(C(F)(F)F)c(Cc2cccc(OC(F)(F)F)c2)cc1F. The zero-order valence-corrected chi connectivity index (χ0v) is 15.4. The van der Waals surface area contributed by atoms with Gasteiger partial charge in [0.1, 0.15) is 17.3 Å². The van der Waals surface area contributed by atoms with Gasteiger partial charge in [0.2, 0.25) is 0 Å². The summed E-state index contributed by atoms with van der Waals surface area (Å²) in [5, 5.41) is 0. The molecule has 0 aliphatic carbocycles. The minimum Gasteiger partial charge on any atom is -0.406 e. The zero-order valence-electron chi connectivity index (χ0n) is 15.4. The Balaban J connectivity index is 2.41. The minimum atomic E-state index is -4.94. The summed E-state index contributed by atoms with van der Waals surface area (Å²) in [6.45, 7) is 2.30. The summed E-state index contributed by atoms with van der Waals surface area (Å²) in [7, 11) is 1.62. The largest absolute Gasteiger partial charge is 0.573 e. The average molecular weight is 422 g/mol. The summed E-state index contributed by atoms with van der Waals surface area (Å²) in [6.07, 6.45) is -8.98. The maximum atomic E-state index is 14.3. The molecule has 29 heavy (non-hydrogen) atoms. The predicted molar refractivity (Wildman–Crippen MR) is 93.8 cm³/mol. The second kappa shape index (κ2) is 8.71. The highest BCUT2D eigenvalue weighted by molar-refractivity contribution is 5.62. The van der Waals surface area contributed by atoms with Gasteiger partial charge in [0.25, 0.3) is 0 Å². The van der Waals surface area contributed by atoms with Crippen LogP contribution in [0.1, 0.15) is 23.6 Å². The molecule has 2 rings (SSSR count). The summed E-state index contributed by atoms with van der Waals surface area (Å²) in [4.78, 5) is 5.28. The molecule has 158 valence electrons. The van der Waals surface area contributed by atoms with Crippen molar-refractivity contribution in [3.05, 3.63) is 58.9 Å². The second-order valence-electron chi connectivity index (χ2n) is 6.15. The smallest absolute Gasteiger partial charge is 0.406 e. The van der Waals surface area contributed by atoms with Gasteiger partial charge in [0, 0.05) is 13.6 Å². The molecule has 0 aromatic heterocycles. The van der Waals surface area contributed by atoms with Gasteiger partial charge in [-0.2, -0.15) is 13.2 Å². The first-order valence-electron chi connectivity index (χ1n) is 8.37. The maximum Gasteiger partial charge on any atom is 0.573 e. The van der Waals surface area contributed by atoms with Crippen LogP contribution < -0.4 is 4.74 Å². The van der Waals surface area contributed by atoms with E-state index in [9.17, 15) is 30.7 Å². The Kier molecular flexibility index (Phi) is 6.76. The van der Waals surface area contributed by atoms with Crippen molar-refractivity contribution < 1.29 is 35.5 Å². The van der Waals surface area contributed by atoms with Crippen LogP contribution in [0.3, 0.4) is 0 Å². The van der Waals surface area contributed by atoms with Gasteiger partial charge in [-0.25, -0.2) is 9.38 Å². The van der Waals surface area contributed by atoms with Crippen LogP contribution in [0.15, 0.2) is 41.4 Å². The van der Waals surface area contributed by atoms with Crippen LogP contribution in [0, 0.1) is 5.82 Å². The van der Waals surface area contributed by atoms with E-state index in [0.29, 0.717) is 18.7 Å². The highest BCUT2D eigenvalue weighted by Crippen LogP contribution is 2.37. The van der Waals surface area contributed by atoms with Crippen LogP contribution in [0.2, 0.25) is 0 Å². The van der Waals surface area contributed by atoms with Crippen molar-refractivity contribution in [2.75, 3.05) is 13.6 Å². The van der Waals surface area contributed by atoms with Gasteiger partial charge in [-0.1, -0.05) is 12.1 Å². The number of ether oxygens (including phenoxy) is 1. The molecule has 3 nitrogen and oxygen atoms in total. The van der Waals surface area contributed by atoms with Crippen molar-refractivity contribution in [1.82, 2.24) is 4.90 Å². The lowest BCUT2D eigenvalue weighted by atomic mass is 9.98. The lowest BCUT2D eigenvalue weighted by Gasteiger charge is -2.16. The van der Waals surface area contributed by atoms with Crippen molar-refractivity contribution >= 4 is 12.0 Å². The molecule has 0 bridgehead atoms. The molecule has 0 saturated carbocycles. The Morgan fingerprint density at radius 1 is 1.07 bits per heavy atom. The van der Waals surface area contributed by atoms with Crippen LogP contribution in [-0.4, -0.2) is 31.2 Å². The maximum absolute atomic E-state index is 14.3. The monoisotopic (exact) mass is 422 g/mol. The topological polar surface area (TPSA) is 24.8 Å². The molecule has 0 aliphatic heterocycles. The van der Waals surface area contributed by atoms with Gasteiger partial charge in [-0.05, 0) is 48.7 Å². The van der Waals surface area contributed by atoms with Gasteiger partial charge >= 0.3 is 12.5 Å². The number of rotatable bonds is 6. The molecule has 0 unspecified atom stereocenters. The quantitative estimate of drug-likeness (QED) is 0.327. The molecule has 0 saturated heterocycles. The fraction of sp³-hybridized carbons (Fsp3) is 0.316. The third kappa shape index (κ3) is 6.65. The molecule has 0 spiro atoms. The van der Waals surface area contributed by atoms with E-state index in [-0.39, 0.29) is 5.56 Å². The van der Waals surface area contributed by atoms with Crippen molar-refractivity contribution in [3.8, 4) is 5.75 Å². The first-order chi connectivity index (χ1) is 13.4. The van der Waals surface area contributed by atoms with Crippen LogP contribution >= 0.6 is 0 Å². The average Bonchev–Trinajstić information content (AvgIpc) is 2.58. The van der Waals surface area contributed by atoms with Crippen LogP contribution in [0.4, 0.5) is 36.4 Å². The summed E-state index contributed by atoms with van der Waals surface area (Å²) < 4.78 is 95.5. The molecule has 10 heteroatoms. The first-order valence-corrected chi connectivity index (χ1v) is 8.37. The Labute approximate surface area is 162 Å². The number of benzene rings is 2. The third-order valence-electron chi connectivity index (χ3n) is 3.90. The van der Waals surface area contributed by atoms with Crippen LogP contribution in [0.25, 0.3) is 0 Å². The predicted octanol–water partition coefficient (Wildman–Crippen LogP) is 5.95. The molecule has 0 amide bonds. The Morgan fingerprint density at radius 2 is 1.76 bits per heavy atom. The number of hydrogen-bond donors (Lipinski definition) is 0. The van der Waals surface area contributed by atoms with E-state index in [2.05, 4.69) is 9.73 Å². The van der Waals surface area contributed by atoms with Gasteiger partial charge in [0.05, 0.1) is 11.9 Å². The van der Waals surface area contributed by atoms with Gasteiger partial charge in [-0.3, -0.25) is 0 Å². The summed E-state index contributed by atoms with van der Waals surface area (Å²) in [6, 6.07) is 5.78. The highest BCUT2D eigenvalue weighted by Gasteiger charge is 2.35. The fourth-order valence-corrected chi connectivity index (χ4v) is 2.43. The number of aliphatic imine (C=N–C) groups is 1. The molecular formula is C19H17F7N2O. The summed E-state index contributed by atoms with van der Waals surface area (Å²) >= 11 is 0. The van der Waals surface area contributed by atoms with E-state index < -0.39 is 47.3 Å². The lowest BCUT2D eigenvalue weighted by molar-refractivity contribution is -0.274. The molecule has 2 aromatic rings. The number of alkyl halides is 6. The van der Waals surface area contributed by atoms with Crippen molar-refractivity contribution in [1.29, 1.82) is 0 Å². The molecule has 0 N–H and O–H groups in total. The number of halogens is 7. The summed E-state index contributed by atoms with van der Waals surface area (Å²) in [5.41, 5.74) is -1.94. The minimum absolute atomic E-state index is 0.0959. The van der Waals surface area contributed by atoms with Gasteiger partial charge in [0.15, 0.2) is 0 Å². The van der Waals surface area contributed by atoms with E-state index in [1.807, 2.05) is 0 Å². The second-order valence-corrected chi connectivity index (χ2v) is 6.15. The molecule has 2 aromatic carbocycles. The molecule has 0 heterocycles. The van der Waals surface area contributed by atoms with E-state index in [0.717, 1.165) is 12.1 Å². The van der Waals surface area contributed by atoms with Crippen LogP contribution in [0.5, 0.6) is 5.75 Å². The Bertz CT molecular complexity index is 876. The summed E-state index contributed by atoms with van der Waals surface area (Å²) in [5.74, 6) is -1.55. The normalized spacial score (nSPS) is 12.4. The molecule has 0 aliphatic rings. The zero-order chi connectivity index (χ0) is 21.8. The lowest BCUT2D eigenvalue weighted by Crippen LogP contribution is -2.17. The molecule has 0 fully saturated rings. The van der Waals surface area contributed by atoms with Crippen molar-refractivity contribution in [3.63, 3.8) is 0 Å². The molecule has 0 radical (unpaired) electrons. The van der Waals surface area contributed by atoms with Crippen LogP contribution in [-0.2, 0) is 12.6 Å². The molecule has 0 atom stereocenters. The standard InChI is InChI=1S/C19H17F7N2O/c1-3-28(2)11-27-17-10-15(18(21,22)23)13(9-16(17)20)7-12-5-4-6-14(8-12)29-19(24,25)26/h4-6,8-11H,3,7H2,1-2H3. The Morgan fingerprint density at radius 3 is 2.34 bits per heavy atom. The van der Waals surface area contributed by atoms with E-state index >= 15 is 0 Å². The molecular weight excluding hydrogens is 405 g/mol. The van der Waals surface area contributed by atoms with Gasteiger partial charge in [-0.15, -0.1) is 13.2 Å². The fourth-order valence-electron chi connectivity index (χ4n) is 2.43. The highest BCUT2D eigenvalue weighted by atomic mass is 19.4. The number of hydrogen-bond acceptors (Lipinski definition) is 2. The first kappa shape index (κ1) is 22.5. The van der Waals surface area contributed by atoms with E-state index in [4.69, 9.17) is 0 Å². The third-order valence-corrected chi connectivity index (χ3v) is 3.90. The van der Waals surface area contributed by atoms with Crippen molar-refractivity contribution in [2.45, 2.75) is 25.9 Å². The number of nitrogens with zero attached hydrogens (tertiary/aromatic N) is 2. The van der Waals surface area contributed by atoms with E-state index in [1.54, 1.807) is 18.9 Å². The van der Waals surface area contributed by atoms with E-state index in [1.165, 1.54) is 18.5 Å².